The van der Waals surface area contributed by atoms with Gasteiger partial charge in [0.1, 0.15) is 28.1 Å². The highest BCUT2D eigenvalue weighted by Crippen LogP contribution is 2.43. The molecule has 7 aromatic rings. The van der Waals surface area contributed by atoms with Gasteiger partial charge in [-0.1, -0.05) is 5.10 Å². The summed E-state index contributed by atoms with van der Waals surface area (Å²) in [6, 6.07) is 7.95. The van der Waals surface area contributed by atoms with Crippen molar-refractivity contribution >= 4 is 73.8 Å². The molecule has 17 nitrogen and oxygen atoms in total. The molecule has 0 unspecified atom stereocenters. The number of halogens is 2. The molecular formula is C40H39F2N11O6S2. The predicted octanol–water partition coefficient (Wildman–Crippen LogP) is 5.96. The van der Waals surface area contributed by atoms with Gasteiger partial charge >= 0.3 is 12.0 Å². The van der Waals surface area contributed by atoms with Crippen molar-refractivity contribution in [2.45, 2.75) is 13.5 Å². The summed E-state index contributed by atoms with van der Waals surface area (Å²) in [6.07, 6.45) is 2.78. The number of pyridine rings is 3. The molecule has 2 amide bonds. The van der Waals surface area contributed by atoms with E-state index in [-0.39, 0.29) is 50.7 Å². The van der Waals surface area contributed by atoms with Crippen molar-refractivity contribution in [1.82, 2.24) is 34.3 Å². The van der Waals surface area contributed by atoms with Crippen LogP contribution in [0.4, 0.5) is 36.8 Å². The van der Waals surface area contributed by atoms with E-state index in [4.69, 9.17) is 14.0 Å². The van der Waals surface area contributed by atoms with Crippen LogP contribution in [0.15, 0.2) is 73.6 Å². The number of hydrogen-bond acceptors (Lipinski definition) is 15. The zero-order valence-electron chi connectivity index (χ0n) is 33.2. The van der Waals surface area contributed by atoms with E-state index >= 15 is 8.78 Å². The Kier molecular flexibility index (Phi) is 10.9. The maximum absolute atomic E-state index is 16.4. The minimum Gasteiger partial charge on any atom is -0.442 e. The van der Waals surface area contributed by atoms with Crippen LogP contribution in [0.1, 0.15) is 6.92 Å². The number of fused-ring (bicyclic) bond motifs is 2. The van der Waals surface area contributed by atoms with Crippen LogP contribution < -0.4 is 40.9 Å². The molecule has 21 heteroatoms. The largest absolute Gasteiger partial charge is 0.442 e. The number of benzene rings is 1. The third kappa shape index (κ3) is 7.87. The number of amides is 2. The Bertz CT molecular complexity index is 2870. The van der Waals surface area contributed by atoms with Gasteiger partial charge in [-0.25, -0.2) is 18.6 Å². The average molecular weight is 872 g/mol. The summed E-state index contributed by atoms with van der Waals surface area (Å²) in [5.74, 6) is -1.30. The molecule has 8 heterocycles. The molecule has 2 aliphatic rings. The first-order valence-electron chi connectivity index (χ1n) is 19.4. The molecule has 0 spiro atoms. The highest BCUT2D eigenvalue weighted by Gasteiger charge is 2.29. The lowest BCUT2D eigenvalue weighted by Gasteiger charge is -2.35. The van der Waals surface area contributed by atoms with Gasteiger partial charge in [-0.15, -0.1) is 27.8 Å². The second kappa shape index (κ2) is 16.6. The Hall–Kier alpha value is -6.42. The Balaban J connectivity index is 1.04. The van der Waals surface area contributed by atoms with E-state index in [0.29, 0.717) is 61.6 Å². The number of ether oxygens (including phenoxy) is 1. The Morgan fingerprint density at radius 1 is 0.836 bits per heavy atom. The first kappa shape index (κ1) is 40.0. The van der Waals surface area contributed by atoms with Gasteiger partial charge in [-0.2, -0.15) is 4.73 Å². The number of hydrogen-bond donors (Lipinski definition) is 2. The van der Waals surface area contributed by atoms with Crippen molar-refractivity contribution in [3.8, 4) is 27.3 Å². The van der Waals surface area contributed by atoms with E-state index in [1.54, 1.807) is 34.2 Å². The molecule has 0 radical (unpaired) electrons. The maximum atomic E-state index is 16.4. The zero-order valence-corrected chi connectivity index (χ0v) is 34.8. The van der Waals surface area contributed by atoms with Crippen molar-refractivity contribution in [2.75, 3.05) is 86.9 Å². The molecular weight excluding hydrogens is 833 g/mol. The van der Waals surface area contributed by atoms with Gasteiger partial charge in [0.2, 0.25) is 15.9 Å². The number of anilines is 4. The fraction of sp³-hybridized carbons (Fsp3) is 0.300. The predicted molar refractivity (Wildman–Crippen MR) is 230 cm³/mol. The fourth-order valence-electron chi connectivity index (χ4n) is 7.34. The number of nitrogens with zero attached hydrogens (tertiary/aromatic N) is 9. The molecule has 0 bridgehead atoms. The summed E-state index contributed by atoms with van der Waals surface area (Å²) >= 11 is 2.59. The number of rotatable bonds is 10. The van der Waals surface area contributed by atoms with Crippen molar-refractivity contribution in [1.29, 1.82) is 0 Å². The molecule has 61 heavy (non-hydrogen) atoms. The van der Waals surface area contributed by atoms with E-state index in [1.807, 2.05) is 36.2 Å². The third-order valence-electron chi connectivity index (χ3n) is 10.6. The normalized spacial score (nSPS) is 15.2. The van der Waals surface area contributed by atoms with Crippen LogP contribution in [0.25, 0.3) is 33.4 Å². The first-order chi connectivity index (χ1) is 29.5. The second-order valence-electron chi connectivity index (χ2n) is 14.6. The lowest BCUT2D eigenvalue weighted by molar-refractivity contribution is 0.233. The molecule has 2 N–H and O–H groups in total. The Morgan fingerprint density at radius 2 is 1.51 bits per heavy atom. The van der Waals surface area contributed by atoms with Crippen molar-refractivity contribution < 1.29 is 27.6 Å². The molecule has 2 saturated heterocycles. The smallest absolute Gasteiger partial charge is 0.327 e. The number of aromatic nitrogens is 5. The average Bonchev–Trinajstić information content (AvgIpc) is 4.06. The third-order valence-corrected chi connectivity index (χ3v) is 12.1. The van der Waals surface area contributed by atoms with E-state index < -0.39 is 34.5 Å². The highest BCUT2D eigenvalue weighted by atomic mass is 32.1. The monoisotopic (exact) mass is 871 g/mol. The van der Waals surface area contributed by atoms with Gasteiger partial charge in [0.05, 0.1) is 17.0 Å². The molecule has 0 saturated carbocycles. The fourth-order valence-corrected chi connectivity index (χ4v) is 8.50. The lowest BCUT2D eigenvalue weighted by atomic mass is 10.1. The van der Waals surface area contributed by atoms with Gasteiger partial charge in [-0.05, 0) is 68.2 Å². The molecule has 1 aromatic carbocycles. The number of thiophene rings is 2. The number of aryl methyl sites for hydroxylation is 1. The standard InChI is InChI=1S/C40H39F2N11O6S2/c1-4-50-21-25(33(54)24-20-27(42)37(44-36(24)50)52-15-11-49(3)12-16-52)38-46-47-40(58-38)45-39(56)43-28-22-53(59-30-8-6-18-61-30)31-23(34(28)55)19-26(41)32(51-13-9-48(2)10-14-51)35(31)57-29-7-5-17-60-29/h5-8,17-22H,4,9-16H2,1-3H3,(H2,43,45,47,56). The van der Waals surface area contributed by atoms with Gasteiger partial charge in [0.25, 0.3) is 5.89 Å². The zero-order chi connectivity index (χ0) is 42.4. The van der Waals surface area contributed by atoms with Crippen molar-refractivity contribution in [2.24, 2.45) is 0 Å². The van der Waals surface area contributed by atoms with Crippen LogP contribution >= 0.6 is 22.7 Å². The number of carbonyl (C=O) groups excluding carboxylic acids is 1. The number of urea groups is 1. The second-order valence-corrected chi connectivity index (χ2v) is 16.4. The summed E-state index contributed by atoms with van der Waals surface area (Å²) in [4.78, 5) is 60.2. The van der Waals surface area contributed by atoms with Gasteiger partial charge < -0.3 is 43.5 Å². The van der Waals surface area contributed by atoms with Crippen LogP contribution in [0.3, 0.4) is 0 Å². The number of carbonyl (C=O) groups is 1. The summed E-state index contributed by atoms with van der Waals surface area (Å²) < 4.78 is 46.9. The minimum atomic E-state index is -0.967. The van der Waals surface area contributed by atoms with Crippen molar-refractivity contribution in [3.05, 3.63) is 91.6 Å². The molecule has 0 atom stereocenters. The van der Waals surface area contributed by atoms with E-state index in [0.717, 1.165) is 19.2 Å². The highest BCUT2D eigenvalue weighted by molar-refractivity contribution is 7.12. The number of nitrogens with one attached hydrogen (secondary N) is 2. The Labute approximate surface area is 353 Å². The van der Waals surface area contributed by atoms with Gasteiger partial charge in [0, 0.05) is 65.1 Å². The van der Waals surface area contributed by atoms with Crippen LogP contribution in [0.5, 0.6) is 15.9 Å². The molecule has 2 aliphatic heterocycles. The quantitative estimate of drug-likeness (QED) is 0.165. The Morgan fingerprint density at radius 3 is 2.18 bits per heavy atom. The molecule has 2 fully saturated rings. The summed E-state index contributed by atoms with van der Waals surface area (Å²) in [5.41, 5.74) is -1.01. The molecule has 9 rings (SSSR count). The van der Waals surface area contributed by atoms with Gasteiger partial charge in [0.15, 0.2) is 28.3 Å². The van der Waals surface area contributed by atoms with Crippen LogP contribution in [-0.2, 0) is 6.54 Å². The molecule has 0 aliphatic carbocycles. The summed E-state index contributed by atoms with van der Waals surface area (Å²) in [7, 11) is 3.99. The van der Waals surface area contributed by atoms with E-state index in [2.05, 4.69) is 35.6 Å². The van der Waals surface area contributed by atoms with Crippen molar-refractivity contribution in [3.63, 3.8) is 0 Å². The maximum Gasteiger partial charge on any atom is 0.327 e. The minimum absolute atomic E-state index is 0.0218. The van der Waals surface area contributed by atoms with E-state index in [1.165, 1.54) is 45.9 Å². The van der Waals surface area contributed by atoms with Crippen LogP contribution in [0, 0.1) is 11.6 Å². The summed E-state index contributed by atoms with van der Waals surface area (Å²) in [6.45, 7) is 7.30. The summed E-state index contributed by atoms with van der Waals surface area (Å²) in [5, 5.41) is 17.2. The van der Waals surface area contributed by atoms with Crippen LogP contribution in [0.2, 0.25) is 0 Å². The van der Waals surface area contributed by atoms with Gasteiger partial charge in [-0.3, -0.25) is 14.9 Å². The molecule has 316 valence electrons. The number of piperazine rings is 2. The molecule has 6 aromatic heterocycles. The first-order valence-corrected chi connectivity index (χ1v) is 21.2. The van der Waals surface area contributed by atoms with Crippen LogP contribution in [-0.4, -0.2) is 107 Å². The number of likely N-dealkylation sites (N-methyl/N-ethyl adjacent to an activating group) is 2. The lowest BCUT2D eigenvalue weighted by Crippen LogP contribution is -2.45. The topological polar surface area (TPSA) is 168 Å². The van der Waals surface area contributed by atoms with E-state index in [9.17, 15) is 14.4 Å². The SMILES string of the molecule is CCn1cc(-c2nnc(NC(=O)Nc3cn(Oc4cccs4)c4c(Oc5cccs5)c(N5CCN(C)CC5)c(F)cc4c3=O)o2)c(=O)c2cc(F)c(N3CCN(C)CC3)nc21.